The standard InChI is InChI=1S/C17H22N2O3/c1-19(2)15(16-9-6-10-22-16)11-18-17(20)13-21-12-14-7-4-3-5-8-14/h3-10,15H,11-13H2,1-2H3,(H,18,20). The predicted octanol–water partition coefficient (Wildman–Crippen LogP) is 2.22. The lowest BCUT2D eigenvalue weighted by Gasteiger charge is -2.22. The molecule has 1 unspecified atom stereocenters. The average Bonchev–Trinajstić information content (AvgIpc) is 3.02. The molecule has 0 saturated carbocycles. The molecule has 0 fully saturated rings. The number of carbonyl (C=O) groups excluding carboxylic acids is 1. The van der Waals surface area contributed by atoms with Crippen molar-refractivity contribution in [3.63, 3.8) is 0 Å². The Morgan fingerprint density at radius 3 is 2.64 bits per heavy atom. The van der Waals surface area contributed by atoms with Crippen LogP contribution in [-0.4, -0.2) is 38.1 Å². The molecule has 0 aliphatic carbocycles. The van der Waals surface area contributed by atoms with Crippen LogP contribution in [0.5, 0.6) is 0 Å². The minimum absolute atomic E-state index is 0.00748. The first-order chi connectivity index (χ1) is 10.7. The maximum absolute atomic E-state index is 11.8. The number of furan rings is 1. The molecule has 1 atom stereocenters. The van der Waals surface area contributed by atoms with E-state index in [1.807, 2.05) is 61.5 Å². The Morgan fingerprint density at radius 2 is 2.00 bits per heavy atom. The molecule has 5 heteroatoms. The fourth-order valence-electron chi connectivity index (χ4n) is 2.12. The van der Waals surface area contributed by atoms with Crippen molar-refractivity contribution in [2.75, 3.05) is 27.2 Å². The topological polar surface area (TPSA) is 54.7 Å². The van der Waals surface area contributed by atoms with Gasteiger partial charge in [-0.1, -0.05) is 30.3 Å². The smallest absolute Gasteiger partial charge is 0.246 e. The molecule has 1 aromatic heterocycles. The second-order valence-electron chi connectivity index (χ2n) is 5.28. The first-order valence-electron chi connectivity index (χ1n) is 7.25. The van der Waals surface area contributed by atoms with Gasteiger partial charge in [0.1, 0.15) is 12.4 Å². The molecule has 0 spiro atoms. The van der Waals surface area contributed by atoms with Gasteiger partial charge >= 0.3 is 0 Å². The lowest BCUT2D eigenvalue weighted by atomic mass is 10.2. The molecule has 1 amide bonds. The molecule has 0 radical (unpaired) electrons. The van der Waals surface area contributed by atoms with E-state index < -0.39 is 0 Å². The van der Waals surface area contributed by atoms with Crippen molar-refractivity contribution in [2.24, 2.45) is 0 Å². The Kier molecular flexibility index (Phi) is 6.18. The van der Waals surface area contributed by atoms with Crippen molar-refractivity contribution in [1.29, 1.82) is 0 Å². The predicted molar refractivity (Wildman–Crippen MR) is 84.2 cm³/mol. The minimum Gasteiger partial charge on any atom is -0.468 e. The van der Waals surface area contributed by atoms with Crippen LogP contribution in [0.1, 0.15) is 17.4 Å². The van der Waals surface area contributed by atoms with Crippen LogP contribution < -0.4 is 5.32 Å². The monoisotopic (exact) mass is 302 g/mol. The molecular weight excluding hydrogens is 280 g/mol. The Labute approximate surface area is 130 Å². The molecule has 2 aromatic rings. The van der Waals surface area contributed by atoms with Crippen LogP contribution in [0, 0.1) is 0 Å². The van der Waals surface area contributed by atoms with Crippen molar-refractivity contribution in [3.8, 4) is 0 Å². The highest BCUT2D eigenvalue weighted by Crippen LogP contribution is 2.17. The average molecular weight is 302 g/mol. The van der Waals surface area contributed by atoms with Gasteiger partial charge in [-0.25, -0.2) is 0 Å². The van der Waals surface area contributed by atoms with E-state index >= 15 is 0 Å². The number of ether oxygens (including phenoxy) is 1. The van der Waals surface area contributed by atoms with Crippen molar-refractivity contribution in [1.82, 2.24) is 10.2 Å². The summed E-state index contributed by atoms with van der Waals surface area (Å²) in [6.45, 7) is 0.963. The number of rotatable bonds is 8. The molecule has 1 aromatic carbocycles. The number of hydrogen-bond acceptors (Lipinski definition) is 4. The molecule has 0 aliphatic rings. The quantitative estimate of drug-likeness (QED) is 0.812. The number of hydrogen-bond donors (Lipinski definition) is 1. The largest absolute Gasteiger partial charge is 0.468 e. The van der Waals surface area contributed by atoms with E-state index in [1.165, 1.54) is 0 Å². The van der Waals surface area contributed by atoms with E-state index in [9.17, 15) is 4.79 Å². The normalized spacial score (nSPS) is 12.3. The van der Waals surface area contributed by atoms with Gasteiger partial charge in [0, 0.05) is 6.54 Å². The summed E-state index contributed by atoms with van der Waals surface area (Å²) in [7, 11) is 3.90. The molecule has 2 rings (SSSR count). The van der Waals surface area contributed by atoms with E-state index in [0.29, 0.717) is 13.2 Å². The van der Waals surface area contributed by atoms with E-state index in [1.54, 1.807) is 6.26 Å². The summed E-state index contributed by atoms with van der Waals surface area (Å²) in [5.74, 6) is 0.699. The Bertz CT molecular complexity index is 553. The van der Waals surface area contributed by atoms with Gasteiger partial charge in [0.15, 0.2) is 0 Å². The highest BCUT2D eigenvalue weighted by atomic mass is 16.5. The summed E-state index contributed by atoms with van der Waals surface area (Å²) < 4.78 is 10.8. The second kappa shape index (κ2) is 8.36. The van der Waals surface area contributed by atoms with Gasteiger partial charge in [-0.05, 0) is 31.8 Å². The van der Waals surface area contributed by atoms with Crippen molar-refractivity contribution >= 4 is 5.91 Å². The van der Waals surface area contributed by atoms with Gasteiger partial charge in [0.2, 0.25) is 5.91 Å². The molecule has 0 saturated heterocycles. The number of benzene rings is 1. The summed E-state index contributed by atoms with van der Waals surface area (Å²) >= 11 is 0. The lowest BCUT2D eigenvalue weighted by Crippen LogP contribution is -2.36. The van der Waals surface area contributed by atoms with Crippen LogP contribution >= 0.6 is 0 Å². The maximum atomic E-state index is 11.8. The SMILES string of the molecule is CN(C)C(CNC(=O)COCc1ccccc1)c1ccco1. The molecule has 118 valence electrons. The van der Waals surface area contributed by atoms with Gasteiger partial charge in [-0.15, -0.1) is 0 Å². The Hall–Kier alpha value is -2.11. The molecule has 1 heterocycles. The molecule has 0 aliphatic heterocycles. The van der Waals surface area contributed by atoms with E-state index in [4.69, 9.17) is 9.15 Å². The van der Waals surface area contributed by atoms with E-state index in [-0.39, 0.29) is 18.6 Å². The van der Waals surface area contributed by atoms with Gasteiger partial charge < -0.3 is 14.5 Å². The van der Waals surface area contributed by atoms with Gasteiger partial charge in [0.25, 0.3) is 0 Å². The third-order valence-corrected chi connectivity index (χ3v) is 3.33. The summed E-state index contributed by atoms with van der Waals surface area (Å²) in [6, 6.07) is 13.5. The summed E-state index contributed by atoms with van der Waals surface area (Å²) in [5.41, 5.74) is 1.05. The van der Waals surface area contributed by atoms with Crippen molar-refractivity contribution < 1.29 is 13.9 Å². The fraction of sp³-hybridized carbons (Fsp3) is 0.353. The third kappa shape index (κ3) is 5.02. The Balaban J connectivity index is 1.72. The van der Waals surface area contributed by atoms with Crippen molar-refractivity contribution in [3.05, 3.63) is 60.1 Å². The molecule has 1 N–H and O–H groups in total. The number of nitrogens with zero attached hydrogens (tertiary/aromatic N) is 1. The lowest BCUT2D eigenvalue weighted by molar-refractivity contribution is -0.126. The van der Waals surface area contributed by atoms with Crippen LogP contribution in [0.15, 0.2) is 53.1 Å². The van der Waals surface area contributed by atoms with Gasteiger partial charge in [0.05, 0.1) is 18.9 Å². The Morgan fingerprint density at radius 1 is 1.23 bits per heavy atom. The highest BCUT2D eigenvalue weighted by Gasteiger charge is 2.17. The molecular formula is C17H22N2O3. The molecule has 5 nitrogen and oxygen atoms in total. The van der Waals surface area contributed by atoms with Crippen molar-refractivity contribution in [2.45, 2.75) is 12.6 Å². The highest BCUT2D eigenvalue weighted by molar-refractivity contribution is 5.77. The second-order valence-corrected chi connectivity index (χ2v) is 5.28. The summed E-state index contributed by atoms with van der Waals surface area (Å²) in [5, 5.41) is 2.87. The number of likely N-dealkylation sites (N-methyl/N-ethyl adjacent to an activating group) is 1. The molecule has 0 bridgehead atoms. The van der Waals surface area contributed by atoms with E-state index in [0.717, 1.165) is 11.3 Å². The van der Waals surface area contributed by atoms with Crippen LogP contribution in [0.4, 0.5) is 0 Å². The summed E-state index contributed by atoms with van der Waals surface area (Å²) in [6.07, 6.45) is 1.64. The van der Waals surface area contributed by atoms with Gasteiger partial charge in [-0.2, -0.15) is 0 Å². The van der Waals surface area contributed by atoms with Crippen LogP contribution in [0.25, 0.3) is 0 Å². The number of carbonyl (C=O) groups is 1. The zero-order chi connectivity index (χ0) is 15.8. The zero-order valence-corrected chi connectivity index (χ0v) is 13.0. The third-order valence-electron chi connectivity index (χ3n) is 3.33. The number of amides is 1. The minimum atomic E-state index is -0.130. The first kappa shape index (κ1) is 16.3. The van der Waals surface area contributed by atoms with Crippen LogP contribution in [0.2, 0.25) is 0 Å². The van der Waals surface area contributed by atoms with Crippen LogP contribution in [0.3, 0.4) is 0 Å². The number of nitrogens with one attached hydrogen (secondary N) is 1. The zero-order valence-electron chi connectivity index (χ0n) is 13.0. The molecule has 22 heavy (non-hydrogen) atoms. The maximum Gasteiger partial charge on any atom is 0.246 e. The summed E-state index contributed by atoms with van der Waals surface area (Å²) in [4.78, 5) is 13.8. The van der Waals surface area contributed by atoms with Crippen LogP contribution in [-0.2, 0) is 16.1 Å². The first-order valence-corrected chi connectivity index (χ1v) is 7.25. The van der Waals surface area contributed by atoms with E-state index in [2.05, 4.69) is 5.32 Å². The van der Waals surface area contributed by atoms with Gasteiger partial charge in [-0.3, -0.25) is 9.69 Å². The fourth-order valence-corrected chi connectivity index (χ4v) is 2.12.